The molecule has 0 fully saturated rings. The van der Waals surface area contributed by atoms with Gasteiger partial charge in [0.25, 0.3) is 0 Å². The first-order chi connectivity index (χ1) is 10.3. The molecule has 2 aromatic rings. The van der Waals surface area contributed by atoms with Crippen LogP contribution in [0.3, 0.4) is 0 Å². The summed E-state index contributed by atoms with van der Waals surface area (Å²) < 4.78 is 5.71. The minimum absolute atomic E-state index is 0.0890. The molecule has 0 amide bonds. The summed E-state index contributed by atoms with van der Waals surface area (Å²) in [5.74, 6) is 2.99. The molecule has 0 unspecified atom stereocenters. The van der Waals surface area contributed by atoms with Gasteiger partial charge in [-0.25, -0.2) is 0 Å². The summed E-state index contributed by atoms with van der Waals surface area (Å²) in [5, 5.41) is 0. The number of carbonyl (C=O) groups is 1. The van der Waals surface area contributed by atoms with Crippen molar-refractivity contribution in [2.24, 2.45) is 0 Å². The molecule has 2 nitrogen and oxygen atoms in total. The Balaban J connectivity index is 1.89. The maximum absolute atomic E-state index is 12.8. The zero-order valence-electron chi connectivity index (χ0n) is 12.1. The lowest BCUT2D eigenvalue weighted by atomic mass is 10.1. The fourth-order valence-electron chi connectivity index (χ4n) is 2.38. The zero-order valence-corrected chi connectivity index (χ0v) is 13.7. The van der Waals surface area contributed by atoms with Crippen LogP contribution >= 0.6 is 23.1 Å². The summed E-state index contributed by atoms with van der Waals surface area (Å²) in [5.41, 5.74) is 2.02. The Hall–Kier alpha value is -1.26. The lowest BCUT2D eigenvalue weighted by Crippen LogP contribution is -2.04. The molecule has 21 heavy (non-hydrogen) atoms. The van der Waals surface area contributed by atoms with E-state index in [2.05, 4.69) is 13.0 Å². The van der Waals surface area contributed by atoms with Gasteiger partial charge in [-0.2, -0.15) is 11.8 Å². The largest absolute Gasteiger partial charge is 0.493 e. The molecule has 0 N–H and O–H groups in total. The van der Waals surface area contributed by atoms with Gasteiger partial charge in [-0.15, -0.1) is 11.3 Å². The first-order valence-corrected chi connectivity index (χ1v) is 9.22. The number of hydrogen-bond donors (Lipinski definition) is 0. The number of thiophene rings is 1. The minimum atomic E-state index is 0.0890. The fourth-order valence-corrected chi connectivity index (χ4v) is 4.71. The number of ketones is 1. The average molecular weight is 318 g/mol. The number of para-hydroxylation sites is 1. The van der Waals surface area contributed by atoms with Crippen molar-refractivity contribution in [3.63, 3.8) is 0 Å². The molecule has 3 rings (SSSR count). The van der Waals surface area contributed by atoms with E-state index in [1.807, 2.05) is 36.0 Å². The number of rotatable bonds is 5. The van der Waals surface area contributed by atoms with Crippen molar-refractivity contribution in [3.05, 3.63) is 51.2 Å². The van der Waals surface area contributed by atoms with Crippen LogP contribution in [0.5, 0.6) is 5.75 Å². The van der Waals surface area contributed by atoms with E-state index in [-0.39, 0.29) is 5.78 Å². The lowest BCUT2D eigenvalue weighted by molar-refractivity contribution is 0.103. The van der Waals surface area contributed by atoms with Gasteiger partial charge in [-0.3, -0.25) is 4.79 Å². The zero-order chi connectivity index (χ0) is 14.7. The highest BCUT2D eigenvalue weighted by molar-refractivity contribution is 7.98. The van der Waals surface area contributed by atoms with Gasteiger partial charge in [0, 0.05) is 10.6 Å². The number of fused-ring (bicyclic) bond motifs is 1. The third-order valence-electron chi connectivity index (χ3n) is 3.44. The van der Waals surface area contributed by atoms with Crippen LogP contribution in [0, 0.1) is 0 Å². The fraction of sp³-hybridized carbons (Fsp3) is 0.353. The second-order valence-electron chi connectivity index (χ2n) is 5.04. The molecule has 2 heterocycles. The smallest absolute Gasteiger partial charge is 0.206 e. The average Bonchev–Trinajstić information content (AvgIpc) is 2.96. The SMILES string of the molecule is CCCOc1ccccc1C(=O)c1cc2c(s1)CCSC2. The molecule has 0 saturated carbocycles. The van der Waals surface area contributed by atoms with E-state index in [1.54, 1.807) is 11.3 Å². The number of ether oxygens (including phenoxy) is 1. The van der Waals surface area contributed by atoms with Gasteiger partial charge in [0.05, 0.1) is 17.0 Å². The minimum Gasteiger partial charge on any atom is -0.493 e. The van der Waals surface area contributed by atoms with E-state index in [4.69, 9.17) is 4.74 Å². The van der Waals surface area contributed by atoms with E-state index >= 15 is 0 Å². The van der Waals surface area contributed by atoms with Crippen LogP contribution in [-0.4, -0.2) is 18.1 Å². The summed E-state index contributed by atoms with van der Waals surface area (Å²) in [6.07, 6.45) is 2.03. The maximum atomic E-state index is 12.8. The van der Waals surface area contributed by atoms with Crippen LogP contribution in [0.2, 0.25) is 0 Å². The molecule has 4 heteroatoms. The molecular formula is C17H18O2S2. The van der Waals surface area contributed by atoms with Gasteiger partial charge in [0.15, 0.2) is 0 Å². The molecule has 0 radical (unpaired) electrons. The third kappa shape index (κ3) is 3.16. The molecule has 0 aliphatic carbocycles. The molecule has 0 atom stereocenters. The van der Waals surface area contributed by atoms with E-state index in [1.165, 1.54) is 10.4 Å². The Morgan fingerprint density at radius 2 is 2.19 bits per heavy atom. The molecule has 110 valence electrons. The predicted molar refractivity (Wildman–Crippen MR) is 89.8 cm³/mol. The topological polar surface area (TPSA) is 26.3 Å². The lowest BCUT2D eigenvalue weighted by Gasteiger charge is -2.09. The van der Waals surface area contributed by atoms with Crippen molar-refractivity contribution >= 4 is 28.9 Å². The summed E-state index contributed by atoms with van der Waals surface area (Å²) in [4.78, 5) is 15.0. The van der Waals surface area contributed by atoms with Crippen LogP contribution in [0.15, 0.2) is 30.3 Å². The Morgan fingerprint density at radius 1 is 1.33 bits per heavy atom. The van der Waals surface area contributed by atoms with Crippen LogP contribution < -0.4 is 4.74 Å². The van der Waals surface area contributed by atoms with Crippen LogP contribution in [0.4, 0.5) is 0 Å². The Labute approximate surface area is 133 Å². The highest BCUT2D eigenvalue weighted by Crippen LogP contribution is 2.33. The van der Waals surface area contributed by atoms with Crippen molar-refractivity contribution in [1.82, 2.24) is 0 Å². The molecule has 0 spiro atoms. The molecule has 1 aliphatic heterocycles. The van der Waals surface area contributed by atoms with Crippen molar-refractivity contribution in [2.75, 3.05) is 12.4 Å². The van der Waals surface area contributed by atoms with Gasteiger partial charge < -0.3 is 4.74 Å². The molecule has 1 aromatic carbocycles. The summed E-state index contributed by atoms with van der Waals surface area (Å²) in [6.45, 7) is 2.71. The maximum Gasteiger partial charge on any atom is 0.206 e. The van der Waals surface area contributed by atoms with Crippen molar-refractivity contribution in [3.8, 4) is 5.75 Å². The molecule has 0 saturated heterocycles. The van der Waals surface area contributed by atoms with E-state index in [0.717, 1.165) is 29.2 Å². The van der Waals surface area contributed by atoms with Gasteiger partial charge in [-0.1, -0.05) is 19.1 Å². The quantitative estimate of drug-likeness (QED) is 0.756. The molecular weight excluding hydrogens is 300 g/mol. The monoisotopic (exact) mass is 318 g/mol. The normalized spacial score (nSPS) is 13.8. The number of aryl methyl sites for hydroxylation is 1. The van der Waals surface area contributed by atoms with Crippen LogP contribution in [0.1, 0.15) is 39.0 Å². The van der Waals surface area contributed by atoms with Crippen molar-refractivity contribution in [2.45, 2.75) is 25.5 Å². The molecule has 1 aromatic heterocycles. The number of benzene rings is 1. The van der Waals surface area contributed by atoms with E-state index in [0.29, 0.717) is 17.9 Å². The van der Waals surface area contributed by atoms with Crippen molar-refractivity contribution in [1.29, 1.82) is 0 Å². The summed E-state index contributed by atoms with van der Waals surface area (Å²) in [6, 6.07) is 9.63. The number of carbonyl (C=O) groups excluding carboxylic acids is 1. The standard InChI is InChI=1S/C17H18O2S2/c1-2-8-19-14-6-4-3-5-13(14)17(18)16-10-12-11-20-9-7-15(12)21-16/h3-6,10H,2,7-9,11H2,1H3. The molecule has 0 bridgehead atoms. The van der Waals surface area contributed by atoms with Gasteiger partial charge >= 0.3 is 0 Å². The van der Waals surface area contributed by atoms with E-state index in [9.17, 15) is 4.79 Å². The van der Waals surface area contributed by atoms with E-state index < -0.39 is 0 Å². The van der Waals surface area contributed by atoms with Gasteiger partial charge in [0.2, 0.25) is 5.78 Å². The second-order valence-corrected chi connectivity index (χ2v) is 7.28. The third-order valence-corrected chi connectivity index (χ3v) is 5.69. The summed E-state index contributed by atoms with van der Waals surface area (Å²) >= 11 is 3.60. The highest BCUT2D eigenvalue weighted by Gasteiger charge is 2.20. The Morgan fingerprint density at radius 3 is 3.00 bits per heavy atom. The first-order valence-electron chi connectivity index (χ1n) is 7.25. The van der Waals surface area contributed by atoms with Crippen LogP contribution in [-0.2, 0) is 12.2 Å². The molecule has 1 aliphatic rings. The summed E-state index contributed by atoms with van der Waals surface area (Å²) in [7, 11) is 0. The Bertz CT molecular complexity index is 622. The first kappa shape index (κ1) is 14.7. The predicted octanol–water partition coefficient (Wildman–Crippen LogP) is 4.56. The Kier molecular flexibility index (Phi) is 4.66. The number of hydrogen-bond acceptors (Lipinski definition) is 4. The number of thioether (sulfide) groups is 1. The van der Waals surface area contributed by atoms with Gasteiger partial charge in [0.1, 0.15) is 5.75 Å². The van der Waals surface area contributed by atoms with Gasteiger partial charge in [-0.05, 0) is 42.4 Å². The van der Waals surface area contributed by atoms with Crippen molar-refractivity contribution < 1.29 is 9.53 Å². The van der Waals surface area contributed by atoms with Crippen LogP contribution in [0.25, 0.3) is 0 Å². The highest BCUT2D eigenvalue weighted by atomic mass is 32.2. The second kappa shape index (κ2) is 6.67.